The number of amidine groups is 1. The van der Waals surface area contributed by atoms with Crippen molar-refractivity contribution in [3.8, 4) is 6.19 Å². The molecule has 0 aliphatic carbocycles. The highest BCUT2D eigenvalue weighted by molar-refractivity contribution is 6.67. The fourth-order valence-electron chi connectivity index (χ4n) is 0.540. The minimum atomic E-state index is -1.24. The van der Waals surface area contributed by atoms with E-state index < -0.39 is 5.97 Å². The summed E-state index contributed by atoms with van der Waals surface area (Å²) in [5.41, 5.74) is -0.299. The average molecular weight is 150 g/mol. The molecule has 0 amide bonds. The van der Waals surface area contributed by atoms with Gasteiger partial charge in [-0.1, -0.05) is 0 Å². The van der Waals surface area contributed by atoms with Gasteiger partial charge in [-0.2, -0.15) is 10.3 Å². The monoisotopic (exact) mass is 150 g/mol. The molecule has 1 N–H and O–H groups in total. The Bertz CT molecular complexity index is 320. The number of carbonyl (C=O) groups is 1. The fraction of sp³-hybridized carbons (Fsp3) is 0. The molecule has 0 radical (unpaired) electrons. The minimum Gasteiger partial charge on any atom is -0.476 e. The molecule has 0 fully saturated rings. The van der Waals surface area contributed by atoms with Gasteiger partial charge in [0.2, 0.25) is 6.19 Å². The third-order valence-electron chi connectivity index (χ3n) is 0.937. The molecule has 0 saturated heterocycles. The van der Waals surface area contributed by atoms with Crippen molar-refractivity contribution in [3.05, 3.63) is 0 Å². The standard InChI is InChI=1S/C5H2N4O2/c6-1-7-4-3(5(10)11)8-2-9-4/h2H,(H,10,11). The van der Waals surface area contributed by atoms with Crippen LogP contribution in [0.5, 0.6) is 0 Å². The number of aliphatic imine (C=N–C) groups is 3. The van der Waals surface area contributed by atoms with E-state index >= 15 is 0 Å². The van der Waals surface area contributed by atoms with Crippen molar-refractivity contribution in [2.45, 2.75) is 0 Å². The molecule has 0 spiro atoms. The van der Waals surface area contributed by atoms with Crippen molar-refractivity contribution in [2.24, 2.45) is 15.0 Å². The molecule has 1 aliphatic rings. The van der Waals surface area contributed by atoms with Crippen LogP contribution in [0.15, 0.2) is 15.0 Å². The Labute approximate surface area is 61.2 Å². The number of nitrogens with zero attached hydrogens (tertiary/aromatic N) is 4. The van der Waals surface area contributed by atoms with Crippen LogP contribution in [0.1, 0.15) is 0 Å². The van der Waals surface area contributed by atoms with E-state index in [-0.39, 0.29) is 11.5 Å². The van der Waals surface area contributed by atoms with Gasteiger partial charge in [0, 0.05) is 0 Å². The van der Waals surface area contributed by atoms with Gasteiger partial charge >= 0.3 is 5.97 Å². The van der Waals surface area contributed by atoms with Crippen LogP contribution in [0.3, 0.4) is 0 Å². The molecule has 0 aromatic heterocycles. The van der Waals surface area contributed by atoms with E-state index in [0.717, 1.165) is 6.34 Å². The average Bonchev–Trinajstić information content (AvgIpc) is 2.36. The van der Waals surface area contributed by atoms with Crippen molar-refractivity contribution in [1.82, 2.24) is 0 Å². The second-order valence-electron chi connectivity index (χ2n) is 1.56. The summed E-state index contributed by atoms with van der Waals surface area (Å²) in [7, 11) is 0. The van der Waals surface area contributed by atoms with Gasteiger partial charge in [0.15, 0.2) is 11.5 Å². The quantitative estimate of drug-likeness (QED) is 0.507. The molecule has 0 atom stereocenters. The maximum Gasteiger partial charge on any atom is 0.358 e. The van der Waals surface area contributed by atoms with Crippen molar-refractivity contribution < 1.29 is 9.90 Å². The summed E-state index contributed by atoms with van der Waals surface area (Å²) in [4.78, 5) is 20.2. The second-order valence-corrected chi connectivity index (χ2v) is 1.56. The lowest BCUT2D eigenvalue weighted by Crippen LogP contribution is -2.19. The molecular weight excluding hydrogens is 148 g/mol. The van der Waals surface area contributed by atoms with Gasteiger partial charge < -0.3 is 5.11 Å². The fourth-order valence-corrected chi connectivity index (χ4v) is 0.540. The number of nitriles is 1. The Hall–Kier alpha value is -2.03. The molecule has 0 aromatic carbocycles. The van der Waals surface area contributed by atoms with Crippen molar-refractivity contribution in [2.75, 3.05) is 0 Å². The van der Waals surface area contributed by atoms with Gasteiger partial charge in [-0.15, -0.1) is 0 Å². The van der Waals surface area contributed by atoms with Crippen LogP contribution < -0.4 is 0 Å². The van der Waals surface area contributed by atoms with Crippen LogP contribution in [0.4, 0.5) is 0 Å². The van der Waals surface area contributed by atoms with E-state index in [2.05, 4.69) is 15.0 Å². The molecular formula is C5H2N4O2. The SMILES string of the molecule is N#CN=C1N=CN=C1C(=O)O. The Kier molecular flexibility index (Phi) is 1.74. The highest BCUT2D eigenvalue weighted by Crippen LogP contribution is 1.94. The number of hydrogen-bond donors (Lipinski definition) is 1. The number of carboxylic acid groups (broad SMARTS) is 1. The van der Waals surface area contributed by atoms with E-state index in [9.17, 15) is 4.79 Å². The zero-order chi connectivity index (χ0) is 8.27. The molecule has 0 saturated carbocycles. The number of hydrogen-bond acceptors (Lipinski definition) is 4. The van der Waals surface area contributed by atoms with E-state index in [0.29, 0.717) is 0 Å². The van der Waals surface area contributed by atoms with Gasteiger partial charge in [-0.25, -0.2) is 14.8 Å². The van der Waals surface area contributed by atoms with Crippen LogP contribution in [0.2, 0.25) is 0 Å². The Morgan fingerprint density at radius 1 is 1.82 bits per heavy atom. The predicted molar refractivity (Wildman–Crippen MR) is 36.6 cm³/mol. The van der Waals surface area contributed by atoms with Crippen LogP contribution in [-0.4, -0.2) is 29.0 Å². The number of rotatable bonds is 1. The summed E-state index contributed by atoms with van der Waals surface area (Å²) in [6, 6.07) is 0. The molecule has 0 aromatic rings. The van der Waals surface area contributed by atoms with E-state index in [1.54, 1.807) is 0 Å². The van der Waals surface area contributed by atoms with E-state index in [4.69, 9.17) is 10.4 Å². The highest BCUT2D eigenvalue weighted by atomic mass is 16.4. The third-order valence-corrected chi connectivity index (χ3v) is 0.937. The summed E-state index contributed by atoms with van der Waals surface area (Å²) >= 11 is 0. The van der Waals surface area contributed by atoms with Crippen molar-refractivity contribution in [1.29, 1.82) is 5.26 Å². The smallest absolute Gasteiger partial charge is 0.358 e. The van der Waals surface area contributed by atoms with Crippen LogP contribution >= 0.6 is 0 Å². The highest BCUT2D eigenvalue weighted by Gasteiger charge is 2.19. The van der Waals surface area contributed by atoms with Gasteiger partial charge in [-0.3, -0.25) is 0 Å². The second kappa shape index (κ2) is 2.70. The zero-order valence-electron chi connectivity index (χ0n) is 5.22. The zero-order valence-corrected chi connectivity index (χ0v) is 5.22. The summed E-state index contributed by atoms with van der Waals surface area (Å²) in [5, 5.41) is 16.5. The molecule has 0 bridgehead atoms. The molecule has 6 nitrogen and oxygen atoms in total. The molecule has 1 aliphatic heterocycles. The largest absolute Gasteiger partial charge is 0.476 e. The maximum absolute atomic E-state index is 10.3. The number of carboxylic acids is 1. The first-order chi connectivity index (χ1) is 5.25. The summed E-state index contributed by atoms with van der Waals surface area (Å²) in [5.74, 6) is -1.39. The normalized spacial score (nSPS) is 18.1. The van der Waals surface area contributed by atoms with Crippen LogP contribution in [0.25, 0.3) is 0 Å². The first kappa shape index (κ1) is 7.08. The molecule has 54 valence electrons. The Morgan fingerprint density at radius 3 is 3.09 bits per heavy atom. The van der Waals surface area contributed by atoms with Gasteiger partial charge in [0.1, 0.15) is 6.34 Å². The first-order valence-electron chi connectivity index (χ1n) is 2.56. The Morgan fingerprint density at radius 2 is 2.55 bits per heavy atom. The molecule has 11 heavy (non-hydrogen) atoms. The van der Waals surface area contributed by atoms with E-state index in [1.807, 2.05) is 0 Å². The van der Waals surface area contributed by atoms with Crippen LogP contribution in [0, 0.1) is 11.5 Å². The van der Waals surface area contributed by atoms with Gasteiger partial charge in [-0.05, 0) is 0 Å². The topological polar surface area (TPSA) is 98.2 Å². The molecule has 6 heteroatoms. The minimum absolute atomic E-state index is 0.153. The predicted octanol–water partition coefficient (Wildman–Crippen LogP) is -0.567. The molecule has 1 rings (SSSR count). The van der Waals surface area contributed by atoms with Gasteiger partial charge in [0.25, 0.3) is 0 Å². The van der Waals surface area contributed by atoms with Gasteiger partial charge in [0.05, 0.1) is 0 Å². The number of aliphatic carboxylic acids is 1. The third kappa shape index (κ3) is 1.27. The lowest BCUT2D eigenvalue weighted by Gasteiger charge is -1.88. The molecule has 1 heterocycles. The molecule has 0 unspecified atom stereocenters. The summed E-state index contributed by atoms with van der Waals surface area (Å²) in [6.07, 6.45) is 2.47. The summed E-state index contributed by atoms with van der Waals surface area (Å²) < 4.78 is 0. The Balaban J connectivity index is 2.97. The van der Waals surface area contributed by atoms with Crippen LogP contribution in [-0.2, 0) is 4.79 Å². The maximum atomic E-state index is 10.3. The van der Waals surface area contributed by atoms with E-state index in [1.165, 1.54) is 6.19 Å². The van der Waals surface area contributed by atoms with Crippen molar-refractivity contribution in [3.63, 3.8) is 0 Å². The first-order valence-corrected chi connectivity index (χ1v) is 2.56. The lowest BCUT2D eigenvalue weighted by atomic mass is 10.3. The summed E-state index contributed by atoms with van der Waals surface area (Å²) in [6.45, 7) is 0. The lowest BCUT2D eigenvalue weighted by molar-refractivity contribution is -0.129. The van der Waals surface area contributed by atoms with Crippen molar-refractivity contribution >= 4 is 23.9 Å².